The van der Waals surface area contributed by atoms with Gasteiger partial charge in [-0.25, -0.2) is 12.8 Å². The van der Waals surface area contributed by atoms with E-state index in [-0.39, 0.29) is 16.3 Å². The van der Waals surface area contributed by atoms with Crippen LogP contribution in [0.25, 0.3) is 0 Å². The van der Waals surface area contributed by atoms with Gasteiger partial charge in [0.05, 0.1) is 10.8 Å². The van der Waals surface area contributed by atoms with Crippen molar-refractivity contribution in [2.45, 2.75) is 31.0 Å². The number of rotatable bonds is 6. The van der Waals surface area contributed by atoms with Gasteiger partial charge in [0.1, 0.15) is 5.82 Å². The molecular formula is C12H17ClFNO2S. The van der Waals surface area contributed by atoms with Gasteiger partial charge in [-0.2, -0.15) is 4.31 Å². The standard InChI is InChI=1S/C12H17ClFNO2S/c1-3-7-15(4-2)18(16,17)11-5-6-12(14)10(8-11)9-13/h5-6,8H,3-4,7,9H2,1-2H3. The summed E-state index contributed by atoms with van der Waals surface area (Å²) in [6.07, 6.45) is 0.733. The predicted molar refractivity (Wildman–Crippen MR) is 70.7 cm³/mol. The normalized spacial score (nSPS) is 12.1. The van der Waals surface area contributed by atoms with E-state index in [1.807, 2.05) is 6.92 Å². The van der Waals surface area contributed by atoms with E-state index < -0.39 is 15.8 Å². The molecule has 0 heterocycles. The monoisotopic (exact) mass is 293 g/mol. The fraction of sp³-hybridized carbons (Fsp3) is 0.500. The molecule has 1 rings (SSSR count). The van der Waals surface area contributed by atoms with Gasteiger partial charge in [0.25, 0.3) is 0 Å². The fourth-order valence-corrected chi connectivity index (χ4v) is 3.46. The molecule has 6 heteroatoms. The summed E-state index contributed by atoms with van der Waals surface area (Å²) in [7, 11) is -3.55. The number of benzene rings is 1. The summed E-state index contributed by atoms with van der Waals surface area (Å²) in [4.78, 5) is 0.0925. The minimum absolute atomic E-state index is 0.0465. The van der Waals surface area contributed by atoms with Crippen LogP contribution in [0.2, 0.25) is 0 Å². The third-order valence-electron chi connectivity index (χ3n) is 2.62. The lowest BCUT2D eigenvalue weighted by Gasteiger charge is -2.20. The maximum absolute atomic E-state index is 13.3. The molecule has 0 bridgehead atoms. The zero-order chi connectivity index (χ0) is 13.8. The Bertz CT molecular complexity index is 505. The molecule has 0 N–H and O–H groups in total. The molecule has 1 aromatic rings. The van der Waals surface area contributed by atoms with E-state index in [0.717, 1.165) is 12.5 Å². The van der Waals surface area contributed by atoms with Gasteiger partial charge in [-0.1, -0.05) is 13.8 Å². The molecule has 1 aromatic carbocycles. The average Bonchev–Trinajstić information content (AvgIpc) is 2.35. The molecule has 0 unspecified atom stereocenters. The van der Waals surface area contributed by atoms with Crippen LogP contribution in [0.1, 0.15) is 25.8 Å². The number of halogens is 2. The van der Waals surface area contributed by atoms with Crippen LogP contribution in [-0.2, 0) is 15.9 Å². The minimum Gasteiger partial charge on any atom is -0.207 e. The molecule has 0 saturated carbocycles. The fourth-order valence-electron chi connectivity index (χ4n) is 1.66. The van der Waals surface area contributed by atoms with Crippen molar-refractivity contribution in [2.75, 3.05) is 13.1 Å². The highest BCUT2D eigenvalue weighted by molar-refractivity contribution is 7.89. The lowest BCUT2D eigenvalue weighted by atomic mass is 10.2. The molecule has 0 saturated heterocycles. The van der Waals surface area contributed by atoms with Crippen LogP contribution >= 0.6 is 11.6 Å². The Morgan fingerprint density at radius 3 is 2.50 bits per heavy atom. The molecular weight excluding hydrogens is 277 g/mol. The Morgan fingerprint density at radius 1 is 1.33 bits per heavy atom. The highest BCUT2D eigenvalue weighted by Crippen LogP contribution is 2.20. The summed E-state index contributed by atoms with van der Waals surface area (Å²) in [5.74, 6) is -0.530. The number of sulfonamides is 1. The lowest BCUT2D eigenvalue weighted by molar-refractivity contribution is 0.427. The van der Waals surface area contributed by atoms with Crippen LogP contribution in [0, 0.1) is 5.82 Å². The molecule has 3 nitrogen and oxygen atoms in total. The summed E-state index contributed by atoms with van der Waals surface area (Å²) >= 11 is 5.58. The van der Waals surface area contributed by atoms with Gasteiger partial charge in [-0.15, -0.1) is 11.6 Å². The van der Waals surface area contributed by atoms with Gasteiger partial charge >= 0.3 is 0 Å². The number of alkyl halides is 1. The molecule has 102 valence electrons. The van der Waals surface area contributed by atoms with Crippen molar-refractivity contribution in [1.82, 2.24) is 4.31 Å². The smallest absolute Gasteiger partial charge is 0.207 e. The molecule has 0 radical (unpaired) electrons. The summed E-state index contributed by atoms with van der Waals surface area (Å²) in [5.41, 5.74) is 0.199. The van der Waals surface area contributed by atoms with E-state index >= 15 is 0 Å². The molecule has 0 spiro atoms. The Kier molecular flexibility index (Phi) is 5.56. The van der Waals surface area contributed by atoms with Gasteiger partial charge in [-0.05, 0) is 24.6 Å². The van der Waals surface area contributed by atoms with Gasteiger partial charge in [0.2, 0.25) is 10.0 Å². The van der Waals surface area contributed by atoms with Gasteiger partial charge in [0.15, 0.2) is 0 Å². The maximum atomic E-state index is 13.3. The predicted octanol–water partition coefficient (Wildman–Crippen LogP) is 2.99. The SMILES string of the molecule is CCCN(CC)S(=O)(=O)c1ccc(F)c(CCl)c1. The second-order valence-corrected chi connectivity index (χ2v) is 6.09. The molecule has 0 fully saturated rings. The Hall–Kier alpha value is -0.650. The summed E-state index contributed by atoms with van der Waals surface area (Å²) in [5, 5.41) is 0. The molecule has 0 atom stereocenters. The van der Waals surface area contributed by atoms with Crippen molar-refractivity contribution in [2.24, 2.45) is 0 Å². The first kappa shape index (κ1) is 15.4. The minimum atomic E-state index is -3.55. The maximum Gasteiger partial charge on any atom is 0.243 e. The second-order valence-electron chi connectivity index (χ2n) is 3.88. The summed E-state index contributed by atoms with van der Waals surface area (Å²) in [6.45, 7) is 4.53. The first-order valence-corrected chi connectivity index (χ1v) is 7.79. The zero-order valence-electron chi connectivity index (χ0n) is 10.5. The van der Waals surface area contributed by atoms with E-state index in [1.54, 1.807) is 6.92 Å². The Labute approximate surface area is 113 Å². The molecule has 18 heavy (non-hydrogen) atoms. The van der Waals surface area contributed by atoms with E-state index in [1.165, 1.54) is 16.4 Å². The van der Waals surface area contributed by atoms with Crippen molar-refractivity contribution in [1.29, 1.82) is 0 Å². The number of hydrogen-bond acceptors (Lipinski definition) is 2. The number of nitrogens with zero attached hydrogens (tertiary/aromatic N) is 1. The third-order valence-corrected chi connectivity index (χ3v) is 4.88. The van der Waals surface area contributed by atoms with Crippen LogP contribution in [0.3, 0.4) is 0 Å². The third kappa shape index (κ3) is 3.22. The quantitative estimate of drug-likeness (QED) is 0.756. The largest absolute Gasteiger partial charge is 0.243 e. The van der Waals surface area contributed by atoms with E-state index in [9.17, 15) is 12.8 Å². The molecule has 0 aliphatic carbocycles. The van der Waals surface area contributed by atoms with Crippen LogP contribution in [0.15, 0.2) is 23.1 Å². The summed E-state index contributed by atoms with van der Waals surface area (Å²) < 4.78 is 39.3. The first-order valence-electron chi connectivity index (χ1n) is 5.81. The van der Waals surface area contributed by atoms with E-state index in [4.69, 9.17) is 11.6 Å². The van der Waals surface area contributed by atoms with Gasteiger partial charge in [-0.3, -0.25) is 0 Å². The average molecular weight is 294 g/mol. The van der Waals surface area contributed by atoms with Crippen LogP contribution in [-0.4, -0.2) is 25.8 Å². The van der Waals surface area contributed by atoms with Crippen molar-refractivity contribution in [3.05, 3.63) is 29.6 Å². The Balaban J connectivity index is 3.19. The summed E-state index contributed by atoms with van der Waals surface area (Å²) in [6, 6.07) is 3.72. The van der Waals surface area contributed by atoms with Crippen LogP contribution in [0.5, 0.6) is 0 Å². The van der Waals surface area contributed by atoms with E-state index in [0.29, 0.717) is 13.1 Å². The van der Waals surface area contributed by atoms with Crippen LogP contribution in [0.4, 0.5) is 4.39 Å². The topological polar surface area (TPSA) is 37.4 Å². The van der Waals surface area contributed by atoms with Crippen LogP contribution < -0.4 is 0 Å². The van der Waals surface area contributed by atoms with Crippen molar-refractivity contribution >= 4 is 21.6 Å². The molecule has 0 aliphatic heterocycles. The number of hydrogen-bond donors (Lipinski definition) is 0. The van der Waals surface area contributed by atoms with Gasteiger partial charge in [0, 0.05) is 18.7 Å². The first-order chi connectivity index (χ1) is 8.47. The van der Waals surface area contributed by atoms with Gasteiger partial charge < -0.3 is 0 Å². The highest BCUT2D eigenvalue weighted by Gasteiger charge is 2.23. The highest BCUT2D eigenvalue weighted by atomic mass is 35.5. The van der Waals surface area contributed by atoms with E-state index in [2.05, 4.69) is 0 Å². The molecule has 0 aromatic heterocycles. The van der Waals surface area contributed by atoms with Crippen molar-refractivity contribution in [3.8, 4) is 0 Å². The van der Waals surface area contributed by atoms with Crippen molar-refractivity contribution < 1.29 is 12.8 Å². The lowest BCUT2D eigenvalue weighted by Crippen LogP contribution is -2.31. The molecule has 0 amide bonds. The Morgan fingerprint density at radius 2 is 2.00 bits per heavy atom. The molecule has 0 aliphatic rings. The second kappa shape index (κ2) is 6.50. The van der Waals surface area contributed by atoms with Crippen molar-refractivity contribution in [3.63, 3.8) is 0 Å². The zero-order valence-corrected chi connectivity index (χ0v) is 12.1.